The average molecular weight is 727 g/mol. The van der Waals surface area contributed by atoms with Crippen molar-refractivity contribution in [3.05, 3.63) is 101 Å². The monoisotopic (exact) mass is 726 g/mol. The molecule has 50 heavy (non-hydrogen) atoms. The Morgan fingerprint density at radius 1 is 0.600 bits per heavy atom. The molecule has 0 aliphatic carbocycles. The molecule has 0 unspecified atom stereocenters. The van der Waals surface area contributed by atoms with E-state index in [0.29, 0.717) is 36.8 Å². The van der Waals surface area contributed by atoms with Crippen LogP contribution >= 0.6 is 7.67 Å². The fourth-order valence-electron chi connectivity index (χ4n) is 5.01. The number of carbonyl (C=O) groups is 2. The maximum Gasteiger partial charge on any atom is 0.392 e. The molecule has 0 aliphatic rings. The molecule has 3 aromatic carbocycles. The highest BCUT2D eigenvalue weighted by Gasteiger charge is 2.40. The van der Waals surface area contributed by atoms with Crippen LogP contribution in [0.15, 0.2) is 60.7 Å². The Labute approximate surface area is 289 Å². The zero-order chi connectivity index (χ0) is 36.8. The van der Waals surface area contributed by atoms with Crippen LogP contribution in [-0.4, -0.2) is 37.2 Å². The van der Waals surface area contributed by atoms with Gasteiger partial charge in [0.05, 0.1) is 13.2 Å². The van der Waals surface area contributed by atoms with Gasteiger partial charge in [0.2, 0.25) is 34.8 Å². The van der Waals surface area contributed by atoms with Crippen LogP contribution in [0, 0.1) is 40.9 Å². The van der Waals surface area contributed by atoms with Gasteiger partial charge in [-0.15, -0.1) is 0 Å². The first kappa shape index (κ1) is 40.6. The molecule has 8 nitrogen and oxygen atoms in total. The summed E-state index contributed by atoms with van der Waals surface area (Å²) in [6, 6.07) is 13.7. The van der Waals surface area contributed by atoms with E-state index in [1.807, 2.05) is 27.7 Å². The quantitative estimate of drug-likeness (QED) is 0.0395. The fourth-order valence-corrected chi connectivity index (χ4v) is 6.82. The van der Waals surface area contributed by atoms with Gasteiger partial charge in [-0.05, 0) is 35.8 Å². The van der Waals surface area contributed by atoms with Crippen molar-refractivity contribution in [1.82, 2.24) is 10.2 Å². The minimum absolute atomic E-state index is 0.00594. The molecule has 0 saturated carbocycles. The average Bonchev–Trinajstić information content (AvgIpc) is 3.12. The highest BCUT2D eigenvalue weighted by atomic mass is 31.2. The summed E-state index contributed by atoms with van der Waals surface area (Å²) in [6.07, 6.45) is 2.34. The second-order valence-corrected chi connectivity index (χ2v) is 13.7. The molecule has 14 heteroatoms. The summed E-state index contributed by atoms with van der Waals surface area (Å²) in [5.74, 6) is -15.7. The normalized spacial score (nSPS) is 12.9. The molecule has 0 heterocycles. The van der Waals surface area contributed by atoms with E-state index in [0.717, 1.165) is 0 Å². The smallest absolute Gasteiger partial charge is 0.392 e. The Hall–Kier alpha value is -3.80. The highest BCUT2D eigenvalue weighted by Crippen LogP contribution is 2.44. The van der Waals surface area contributed by atoms with E-state index in [-0.39, 0.29) is 37.9 Å². The SMILES string of the molecule is CCC(CC)COC(=O)[C@H](Cc1ccccc1)NP(=O)(N[C@@H](Cc1ccccc1)C(=O)OCC(CC)CC)Oc1c(F)c(F)c(F)c(F)c1F. The second-order valence-electron chi connectivity index (χ2n) is 11.9. The van der Waals surface area contributed by atoms with Gasteiger partial charge < -0.3 is 14.0 Å². The molecule has 0 saturated heterocycles. The molecule has 2 N–H and O–H groups in total. The van der Waals surface area contributed by atoms with E-state index in [2.05, 4.69) is 10.2 Å². The lowest BCUT2D eigenvalue weighted by Gasteiger charge is -2.29. The topological polar surface area (TPSA) is 103 Å². The summed E-state index contributed by atoms with van der Waals surface area (Å²) in [6.45, 7) is 7.63. The van der Waals surface area contributed by atoms with Gasteiger partial charge in [-0.2, -0.15) is 8.78 Å². The number of esters is 2. The second kappa shape index (κ2) is 19.6. The van der Waals surface area contributed by atoms with Crippen molar-refractivity contribution in [3.63, 3.8) is 0 Å². The third-order valence-corrected chi connectivity index (χ3v) is 10.2. The van der Waals surface area contributed by atoms with Gasteiger partial charge >= 0.3 is 19.6 Å². The molecular weight excluding hydrogens is 682 g/mol. The van der Waals surface area contributed by atoms with Crippen molar-refractivity contribution in [1.29, 1.82) is 0 Å². The van der Waals surface area contributed by atoms with Crippen LogP contribution in [0.3, 0.4) is 0 Å². The van der Waals surface area contributed by atoms with Crippen LogP contribution in [0.1, 0.15) is 64.5 Å². The predicted molar refractivity (Wildman–Crippen MR) is 179 cm³/mol. The molecular formula is C36H44F5N2O6P. The van der Waals surface area contributed by atoms with Crippen LogP contribution in [0.2, 0.25) is 0 Å². The van der Waals surface area contributed by atoms with Gasteiger partial charge in [-0.1, -0.05) is 114 Å². The number of benzene rings is 3. The molecule has 0 radical (unpaired) electrons. The number of rotatable bonds is 20. The van der Waals surface area contributed by atoms with Crippen molar-refractivity contribution < 1.29 is 50.1 Å². The number of hydrogen-bond donors (Lipinski definition) is 2. The van der Waals surface area contributed by atoms with Gasteiger partial charge in [0.1, 0.15) is 12.1 Å². The van der Waals surface area contributed by atoms with Gasteiger partial charge in [-0.25, -0.2) is 27.9 Å². The van der Waals surface area contributed by atoms with Crippen LogP contribution in [-0.2, 0) is 36.5 Å². The standard InChI is InChI=1S/C36H44F5N2O6P/c1-5-23(6-2)21-47-35(44)27(19-25-15-11-9-12-16-25)42-50(46,49-34-32(40)30(38)29(37)31(39)33(34)41)43-28(20-26-17-13-10-14-18-26)36(45)48-22-24(7-3)8-4/h9-18,23-24,27-28H,5-8,19-22H2,1-4H3,(H2,42,43,46)/t27-,28-/m0/s1. The van der Waals surface area contributed by atoms with E-state index >= 15 is 0 Å². The molecule has 0 amide bonds. The van der Waals surface area contributed by atoms with Crippen molar-refractivity contribution in [3.8, 4) is 5.75 Å². The van der Waals surface area contributed by atoms with Crippen molar-refractivity contribution in [2.75, 3.05) is 13.2 Å². The number of halogens is 5. The summed E-state index contributed by atoms with van der Waals surface area (Å²) in [4.78, 5) is 27.1. The van der Waals surface area contributed by atoms with Crippen molar-refractivity contribution in [2.45, 2.75) is 78.3 Å². The van der Waals surface area contributed by atoms with Crippen LogP contribution in [0.5, 0.6) is 5.75 Å². The molecule has 2 atom stereocenters. The predicted octanol–water partition coefficient (Wildman–Crippen LogP) is 8.23. The van der Waals surface area contributed by atoms with Crippen LogP contribution in [0.4, 0.5) is 22.0 Å². The van der Waals surface area contributed by atoms with Crippen LogP contribution in [0.25, 0.3) is 0 Å². The van der Waals surface area contributed by atoms with Gasteiger partial charge in [0, 0.05) is 0 Å². The van der Waals surface area contributed by atoms with E-state index < -0.39 is 66.5 Å². The molecule has 274 valence electrons. The summed E-state index contributed by atoms with van der Waals surface area (Å²) >= 11 is 0. The van der Waals surface area contributed by atoms with Gasteiger partial charge in [0.15, 0.2) is 0 Å². The largest absolute Gasteiger partial charge is 0.464 e. The van der Waals surface area contributed by atoms with E-state index in [4.69, 9.17) is 14.0 Å². The highest BCUT2D eigenvalue weighted by molar-refractivity contribution is 7.55. The molecule has 0 bridgehead atoms. The lowest BCUT2D eigenvalue weighted by atomic mass is 10.0. The Bertz CT molecular complexity index is 1480. The number of hydrogen-bond acceptors (Lipinski definition) is 6. The van der Waals surface area contributed by atoms with E-state index in [1.165, 1.54) is 0 Å². The maximum atomic E-state index is 15.0. The molecule has 0 fully saturated rings. The van der Waals surface area contributed by atoms with Crippen LogP contribution < -0.4 is 14.7 Å². The Morgan fingerprint density at radius 2 is 0.940 bits per heavy atom. The van der Waals surface area contributed by atoms with Gasteiger partial charge in [-0.3, -0.25) is 9.59 Å². The molecule has 0 spiro atoms. The van der Waals surface area contributed by atoms with Crippen molar-refractivity contribution in [2.24, 2.45) is 11.8 Å². The molecule has 0 aliphatic heterocycles. The first-order chi connectivity index (χ1) is 23.9. The van der Waals surface area contributed by atoms with Gasteiger partial charge in [0.25, 0.3) is 0 Å². The lowest BCUT2D eigenvalue weighted by molar-refractivity contribution is -0.147. The molecule has 0 aromatic heterocycles. The third kappa shape index (κ3) is 11.4. The Kier molecular flexibility index (Phi) is 15.9. The summed E-state index contributed by atoms with van der Waals surface area (Å²) < 4.78 is 104. The lowest BCUT2D eigenvalue weighted by Crippen LogP contribution is -2.47. The van der Waals surface area contributed by atoms with E-state index in [1.54, 1.807) is 60.7 Å². The minimum Gasteiger partial charge on any atom is -0.464 e. The molecule has 3 rings (SSSR count). The maximum absolute atomic E-state index is 15.0. The number of ether oxygens (including phenoxy) is 2. The minimum atomic E-state index is -5.20. The van der Waals surface area contributed by atoms with E-state index in [9.17, 15) is 36.1 Å². The zero-order valence-electron chi connectivity index (χ0n) is 28.5. The first-order valence-electron chi connectivity index (χ1n) is 16.6. The summed E-state index contributed by atoms with van der Waals surface area (Å²) in [5.41, 5.74) is 1.08. The number of nitrogens with one attached hydrogen (secondary N) is 2. The summed E-state index contributed by atoms with van der Waals surface area (Å²) in [7, 11) is -5.20. The Morgan fingerprint density at radius 3 is 1.28 bits per heavy atom. The molecule has 3 aromatic rings. The third-order valence-electron chi connectivity index (χ3n) is 8.41. The fraction of sp³-hybridized carbons (Fsp3) is 0.444. The zero-order valence-corrected chi connectivity index (χ0v) is 29.4. The Balaban J connectivity index is 2.12. The van der Waals surface area contributed by atoms with Crippen molar-refractivity contribution >= 4 is 19.6 Å². The first-order valence-corrected chi connectivity index (χ1v) is 18.3. The summed E-state index contributed by atoms with van der Waals surface area (Å²) in [5, 5.41) is 4.84. The number of carbonyl (C=O) groups excluding carboxylic acids is 2.